The second-order valence-corrected chi connectivity index (χ2v) is 1.77. The quantitative estimate of drug-likeness (QED) is 0.676. The molecule has 62 valence electrons. The maximum absolute atomic E-state index is 10.3. The van der Waals surface area contributed by atoms with E-state index in [4.69, 9.17) is 10.2 Å². The molecule has 0 aliphatic heterocycles. The summed E-state index contributed by atoms with van der Waals surface area (Å²) < 4.78 is 4.41. The minimum Gasteiger partial charge on any atom is -1.00 e. The van der Waals surface area contributed by atoms with Gasteiger partial charge in [-0.25, -0.2) is 9.59 Å². The molecule has 0 aliphatic rings. The Bertz CT molecular complexity index is 282. The summed E-state index contributed by atoms with van der Waals surface area (Å²) in [5, 5.41) is 16.7. The second kappa shape index (κ2) is 4.49. The first-order chi connectivity index (χ1) is 5.13. The summed E-state index contributed by atoms with van der Waals surface area (Å²) in [6.45, 7) is 0. The van der Waals surface area contributed by atoms with Crippen LogP contribution in [-0.4, -0.2) is 59.9 Å². The molecule has 0 aliphatic carbocycles. The van der Waals surface area contributed by atoms with Crippen molar-refractivity contribution in [3.05, 3.63) is 23.7 Å². The molecular formula is C6H6CaO5. The number of rotatable bonds is 2. The summed E-state index contributed by atoms with van der Waals surface area (Å²) in [5.74, 6) is -3.24. The van der Waals surface area contributed by atoms with Gasteiger partial charge in [-0.05, 0) is 6.07 Å². The van der Waals surface area contributed by atoms with E-state index in [0.717, 1.165) is 12.3 Å². The van der Waals surface area contributed by atoms with Crippen molar-refractivity contribution in [2.24, 2.45) is 0 Å². The zero-order chi connectivity index (χ0) is 8.43. The molecule has 0 radical (unpaired) electrons. The Hall–Kier alpha value is -0.520. The van der Waals surface area contributed by atoms with E-state index in [0.29, 0.717) is 0 Å². The molecule has 0 amide bonds. The molecule has 1 rings (SSSR count). The van der Waals surface area contributed by atoms with Crippen molar-refractivity contribution in [2.45, 2.75) is 0 Å². The minimum atomic E-state index is -1.38. The average molecular weight is 198 g/mol. The Balaban J connectivity index is -0.000000403. The first kappa shape index (κ1) is 11.5. The molecule has 0 unspecified atom stereocenters. The van der Waals surface area contributed by atoms with Crippen LogP contribution in [0.3, 0.4) is 0 Å². The third-order valence-electron chi connectivity index (χ3n) is 1.09. The van der Waals surface area contributed by atoms with Gasteiger partial charge in [0.2, 0.25) is 5.76 Å². The average Bonchev–Trinajstić information content (AvgIpc) is 2.32. The zero-order valence-electron chi connectivity index (χ0n) is 7.98. The van der Waals surface area contributed by atoms with Gasteiger partial charge in [0.25, 0.3) is 0 Å². The minimum absolute atomic E-state index is 0. The van der Waals surface area contributed by atoms with E-state index in [1.165, 1.54) is 0 Å². The fraction of sp³-hybridized carbons (Fsp3) is 0. The molecule has 0 bridgehead atoms. The van der Waals surface area contributed by atoms with Crippen LogP contribution in [0.4, 0.5) is 0 Å². The van der Waals surface area contributed by atoms with E-state index < -0.39 is 17.7 Å². The van der Waals surface area contributed by atoms with Gasteiger partial charge in [0.15, 0.2) is 0 Å². The van der Waals surface area contributed by atoms with Crippen molar-refractivity contribution in [2.75, 3.05) is 0 Å². The Morgan fingerprint density at radius 1 is 1.33 bits per heavy atom. The van der Waals surface area contributed by atoms with Gasteiger partial charge in [-0.15, -0.1) is 0 Å². The number of carboxylic acids is 2. The Morgan fingerprint density at radius 3 is 2.25 bits per heavy atom. The molecule has 0 saturated heterocycles. The van der Waals surface area contributed by atoms with Crippen LogP contribution in [0, 0.1) is 0 Å². The topological polar surface area (TPSA) is 87.7 Å². The van der Waals surface area contributed by atoms with E-state index in [2.05, 4.69) is 4.42 Å². The van der Waals surface area contributed by atoms with Crippen LogP contribution in [0.15, 0.2) is 16.7 Å². The van der Waals surface area contributed by atoms with E-state index in [1.54, 1.807) is 0 Å². The largest absolute Gasteiger partial charge is 2.00 e. The van der Waals surface area contributed by atoms with Crippen molar-refractivity contribution < 1.29 is 27.1 Å². The van der Waals surface area contributed by atoms with Crippen molar-refractivity contribution in [3.8, 4) is 0 Å². The molecular weight excluding hydrogens is 192 g/mol. The number of hydrogen-bond acceptors (Lipinski definition) is 3. The Morgan fingerprint density at radius 2 is 1.92 bits per heavy atom. The smallest absolute Gasteiger partial charge is 1.00 e. The van der Waals surface area contributed by atoms with Gasteiger partial charge in [-0.3, -0.25) is 0 Å². The molecule has 0 aromatic carbocycles. The van der Waals surface area contributed by atoms with Crippen LogP contribution in [0.25, 0.3) is 0 Å². The first-order valence-corrected chi connectivity index (χ1v) is 2.67. The molecule has 0 fully saturated rings. The zero-order valence-corrected chi connectivity index (χ0v) is 8.19. The molecule has 6 heteroatoms. The molecule has 5 nitrogen and oxygen atoms in total. The van der Waals surface area contributed by atoms with Crippen LogP contribution in [0.5, 0.6) is 0 Å². The van der Waals surface area contributed by atoms with E-state index in [-0.39, 0.29) is 46.2 Å². The first-order valence-electron chi connectivity index (χ1n) is 2.67. The van der Waals surface area contributed by atoms with Crippen LogP contribution < -0.4 is 0 Å². The second-order valence-electron chi connectivity index (χ2n) is 1.77. The number of furan rings is 1. The fourth-order valence-corrected chi connectivity index (χ4v) is 0.643. The number of carboxylic acid groups (broad SMARTS) is 2. The van der Waals surface area contributed by atoms with Crippen LogP contribution >= 0.6 is 0 Å². The summed E-state index contributed by atoms with van der Waals surface area (Å²) in [7, 11) is 0. The normalized spacial score (nSPS) is 8.67. The van der Waals surface area contributed by atoms with Crippen LogP contribution in [0.1, 0.15) is 23.8 Å². The molecule has 0 atom stereocenters. The summed E-state index contributed by atoms with van der Waals surface area (Å²) >= 11 is 0. The molecule has 1 aromatic rings. The molecule has 1 aromatic heterocycles. The third kappa shape index (κ3) is 2.23. The van der Waals surface area contributed by atoms with Crippen molar-refractivity contribution in [1.82, 2.24) is 0 Å². The SMILES string of the molecule is O=C(O)c1ccoc1C(=O)O.[Ca+2].[H-].[H-]. The Kier molecular flexibility index (Phi) is 4.30. The monoisotopic (exact) mass is 198 g/mol. The van der Waals surface area contributed by atoms with E-state index in [9.17, 15) is 9.59 Å². The molecule has 1 heterocycles. The predicted molar refractivity (Wildman–Crippen MR) is 40.6 cm³/mol. The van der Waals surface area contributed by atoms with Crippen LogP contribution in [0.2, 0.25) is 0 Å². The van der Waals surface area contributed by atoms with Gasteiger partial charge in [0, 0.05) is 0 Å². The molecule has 2 N–H and O–H groups in total. The molecule has 12 heavy (non-hydrogen) atoms. The van der Waals surface area contributed by atoms with Gasteiger partial charge >= 0.3 is 49.7 Å². The summed E-state index contributed by atoms with van der Waals surface area (Å²) in [4.78, 5) is 20.5. The van der Waals surface area contributed by atoms with Crippen molar-refractivity contribution in [1.29, 1.82) is 0 Å². The fourth-order valence-electron chi connectivity index (χ4n) is 0.643. The van der Waals surface area contributed by atoms with Gasteiger partial charge in [-0.1, -0.05) is 0 Å². The summed E-state index contributed by atoms with van der Waals surface area (Å²) in [6.07, 6.45) is 1.02. The third-order valence-corrected chi connectivity index (χ3v) is 1.09. The number of aromatic carboxylic acids is 2. The van der Waals surface area contributed by atoms with Crippen molar-refractivity contribution in [3.63, 3.8) is 0 Å². The molecule has 0 spiro atoms. The van der Waals surface area contributed by atoms with Gasteiger partial charge in [0.1, 0.15) is 5.56 Å². The summed E-state index contributed by atoms with van der Waals surface area (Å²) in [5.41, 5.74) is -0.336. The van der Waals surface area contributed by atoms with Gasteiger partial charge < -0.3 is 17.5 Å². The van der Waals surface area contributed by atoms with Gasteiger partial charge in [-0.2, -0.15) is 0 Å². The number of carbonyl (C=O) groups is 2. The van der Waals surface area contributed by atoms with Crippen LogP contribution in [-0.2, 0) is 0 Å². The summed E-state index contributed by atoms with van der Waals surface area (Å²) in [6, 6.07) is 1.09. The number of hydrogen-bond donors (Lipinski definition) is 2. The van der Waals surface area contributed by atoms with E-state index in [1.807, 2.05) is 0 Å². The maximum Gasteiger partial charge on any atom is 2.00 e. The predicted octanol–water partition coefficient (Wildman–Crippen LogP) is 0.520. The van der Waals surface area contributed by atoms with E-state index >= 15 is 0 Å². The Labute approximate surface area is 100.0 Å². The maximum atomic E-state index is 10.3. The standard InChI is InChI=1S/C6H4O5.Ca.2H/c7-5(8)3-1-2-11-4(3)6(9)10;;;/h1-2H,(H,7,8)(H,9,10);;;/q;+2;2*-1. The molecule has 0 saturated carbocycles. The van der Waals surface area contributed by atoms with Gasteiger partial charge in [0.05, 0.1) is 6.26 Å². The van der Waals surface area contributed by atoms with Crippen molar-refractivity contribution >= 4 is 49.7 Å².